The monoisotopic (exact) mass is 233 g/mol. The number of nitrogens with one attached hydrogen (secondary N) is 1. The molecule has 2 rings (SSSR count). The lowest BCUT2D eigenvalue weighted by Gasteiger charge is -2.14. The largest absolute Gasteiger partial charge is 0.392 e. The summed E-state index contributed by atoms with van der Waals surface area (Å²) in [4.78, 5) is 4.55. The van der Waals surface area contributed by atoms with Crippen molar-refractivity contribution in [3.05, 3.63) is 24.3 Å². The summed E-state index contributed by atoms with van der Waals surface area (Å²) >= 11 is 0. The summed E-state index contributed by atoms with van der Waals surface area (Å²) in [5.41, 5.74) is 2.10. The molecule has 0 bridgehead atoms. The van der Waals surface area contributed by atoms with Crippen molar-refractivity contribution in [3.63, 3.8) is 0 Å². The molecule has 1 heterocycles. The van der Waals surface area contributed by atoms with Crippen LogP contribution in [0.5, 0.6) is 0 Å². The number of anilines is 1. The highest BCUT2D eigenvalue weighted by Crippen LogP contribution is 2.23. The Kier molecular flexibility index (Phi) is 3.33. The molecule has 0 amide bonds. The Morgan fingerprint density at radius 1 is 1.29 bits per heavy atom. The number of hydrogen-bond donors (Lipinski definition) is 2. The number of aromatic nitrogens is 2. The Morgan fingerprint density at radius 3 is 2.65 bits per heavy atom. The van der Waals surface area contributed by atoms with Gasteiger partial charge in [0.1, 0.15) is 0 Å². The Balaban J connectivity index is 2.43. The fraction of sp³-hybridized carbons (Fsp3) is 0.462. The van der Waals surface area contributed by atoms with Gasteiger partial charge in [-0.2, -0.15) is 0 Å². The first-order valence-corrected chi connectivity index (χ1v) is 5.98. The molecule has 1 atom stereocenters. The molecule has 0 spiro atoms. The third-order valence-electron chi connectivity index (χ3n) is 2.67. The van der Waals surface area contributed by atoms with Gasteiger partial charge in [-0.05, 0) is 32.9 Å². The highest BCUT2D eigenvalue weighted by atomic mass is 16.3. The molecule has 4 nitrogen and oxygen atoms in total. The van der Waals surface area contributed by atoms with Crippen molar-refractivity contribution in [2.75, 3.05) is 11.9 Å². The van der Waals surface area contributed by atoms with Gasteiger partial charge in [-0.25, -0.2) is 4.98 Å². The summed E-state index contributed by atoms with van der Waals surface area (Å²) in [6.07, 6.45) is -0.379. The Bertz CT molecular complexity index is 502. The predicted octanol–water partition coefficient (Wildman–Crippen LogP) is 2.41. The van der Waals surface area contributed by atoms with Gasteiger partial charge in [-0.15, -0.1) is 0 Å². The van der Waals surface area contributed by atoms with Crippen molar-refractivity contribution in [2.24, 2.45) is 0 Å². The predicted molar refractivity (Wildman–Crippen MR) is 70.3 cm³/mol. The number of benzene rings is 1. The minimum Gasteiger partial charge on any atom is -0.392 e. The van der Waals surface area contributed by atoms with Crippen LogP contribution in [-0.4, -0.2) is 27.3 Å². The van der Waals surface area contributed by atoms with E-state index < -0.39 is 0 Å². The number of aliphatic hydroxyl groups is 1. The van der Waals surface area contributed by atoms with E-state index in [0.717, 1.165) is 17.0 Å². The summed E-state index contributed by atoms with van der Waals surface area (Å²) in [6.45, 7) is 6.52. The zero-order valence-corrected chi connectivity index (χ0v) is 10.5. The zero-order chi connectivity index (χ0) is 12.4. The van der Waals surface area contributed by atoms with E-state index in [2.05, 4.69) is 34.8 Å². The molecule has 4 heteroatoms. The fourth-order valence-corrected chi connectivity index (χ4v) is 1.93. The molecule has 0 aliphatic rings. The third kappa shape index (κ3) is 2.42. The molecule has 0 unspecified atom stereocenters. The van der Waals surface area contributed by atoms with Gasteiger partial charge in [0, 0.05) is 12.6 Å². The molecule has 0 saturated carbocycles. The Morgan fingerprint density at radius 2 is 2.00 bits per heavy atom. The summed E-state index contributed by atoms with van der Waals surface area (Å²) in [5.74, 6) is 0.821. The van der Waals surface area contributed by atoms with Gasteiger partial charge in [0.05, 0.1) is 17.1 Å². The lowest BCUT2D eigenvalue weighted by molar-refractivity contribution is 0.208. The average molecular weight is 233 g/mol. The van der Waals surface area contributed by atoms with Crippen molar-refractivity contribution in [1.29, 1.82) is 0 Å². The molecule has 2 N–H and O–H groups in total. The second-order valence-corrected chi connectivity index (χ2v) is 4.62. The van der Waals surface area contributed by atoms with Crippen LogP contribution in [0.4, 0.5) is 5.95 Å². The van der Waals surface area contributed by atoms with Crippen LogP contribution < -0.4 is 5.32 Å². The van der Waals surface area contributed by atoms with Crippen LogP contribution in [0, 0.1) is 0 Å². The molecule has 0 fully saturated rings. The van der Waals surface area contributed by atoms with Crippen molar-refractivity contribution < 1.29 is 5.11 Å². The first kappa shape index (κ1) is 11.9. The van der Waals surface area contributed by atoms with Crippen molar-refractivity contribution in [1.82, 2.24) is 9.55 Å². The Hall–Kier alpha value is -1.55. The summed E-state index contributed by atoms with van der Waals surface area (Å²) in [6, 6.07) is 8.40. The van der Waals surface area contributed by atoms with Crippen LogP contribution in [0.2, 0.25) is 0 Å². The van der Waals surface area contributed by atoms with Gasteiger partial charge < -0.3 is 15.0 Å². The minimum absolute atomic E-state index is 0.332. The van der Waals surface area contributed by atoms with Gasteiger partial charge in [0.15, 0.2) is 0 Å². The quantitative estimate of drug-likeness (QED) is 0.852. The molecule has 17 heavy (non-hydrogen) atoms. The molecule has 0 radical (unpaired) electrons. The maximum atomic E-state index is 9.32. The average Bonchev–Trinajstić information content (AvgIpc) is 2.64. The highest BCUT2D eigenvalue weighted by Gasteiger charge is 2.12. The van der Waals surface area contributed by atoms with Crippen molar-refractivity contribution in [2.45, 2.75) is 32.9 Å². The van der Waals surface area contributed by atoms with Gasteiger partial charge in [0.2, 0.25) is 5.95 Å². The number of aliphatic hydroxyl groups excluding tert-OH is 1. The summed E-state index contributed by atoms with van der Waals surface area (Å²) in [5, 5.41) is 12.5. The molecule has 1 aromatic carbocycles. The van der Waals surface area contributed by atoms with E-state index in [1.807, 2.05) is 18.2 Å². The first-order valence-electron chi connectivity index (χ1n) is 5.98. The SMILES string of the molecule is CC(C)n1c(NC[C@H](C)O)nc2ccccc21. The van der Waals surface area contributed by atoms with Crippen LogP contribution in [0.15, 0.2) is 24.3 Å². The number of para-hydroxylation sites is 2. The van der Waals surface area contributed by atoms with Crippen LogP contribution in [0.1, 0.15) is 26.8 Å². The second-order valence-electron chi connectivity index (χ2n) is 4.62. The normalized spacial score (nSPS) is 13.2. The van der Waals surface area contributed by atoms with Crippen LogP contribution >= 0.6 is 0 Å². The topological polar surface area (TPSA) is 50.1 Å². The van der Waals surface area contributed by atoms with Crippen molar-refractivity contribution in [3.8, 4) is 0 Å². The maximum Gasteiger partial charge on any atom is 0.204 e. The minimum atomic E-state index is -0.379. The maximum absolute atomic E-state index is 9.32. The van der Waals surface area contributed by atoms with E-state index in [0.29, 0.717) is 12.6 Å². The molecule has 2 aromatic rings. The fourth-order valence-electron chi connectivity index (χ4n) is 1.93. The number of rotatable bonds is 4. The number of fused-ring (bicyclic) bond motifs is 1. The van der Waals surface area contributed by atoms with Crippen LogP contribution in [0.25, 0.3) is 11.0 Å². The lowest BCUT2D eigenvalue weighted by Crippen LogP contribution is -2.18. The van der Waals surface area contributed by atoms with Gasteiger partial charge in [0.25, 0.3) is 0 Å². The lowest BCUT2D eigenvalue weighted by atomic mass is 10.3. The van der Waals surface area contributed by atoms with E-state index in [-0.39, 0.29) is 6.10 Å². The van der Waals surface area contributed by atoms with Crippen molar-refractivity contribution >= 4 is 17.0 Å². The standard InChI is InChI=1S/C13H19N3O/c1-9(2)16-12-7-5-4-6-11(12)15-13(16)14-8-10(3)17/h4-7,9-10,17H,8H2,1-3H3,(H,14,15)/t10-/m0/s1. The molecule has 1 aromatic heterocycles. The number of nitrogens with zero attached hydrogens (tertiary/aromatic N) is 2. The molecule has 0 aliphatic heterocycles. The zero-order valence-electron chi connectivity index (χ0n) is 10.5. The van der Waals surface area contributed by atoms with Gasteiger partial charge >= 0.3 is 0 Å². The van der Waals surface area contributed by atoms with E-state index in [4.69, 9.17) is 0 Å². The smallest absolute Gasteiger partial charge is 0.204 e. The molecular formula is C13H19N3O. The van der Waals surface area contributed by atoms with E-state index in [1.165, 1.54) is 0 Å². The first-order chi connectivity index (χ1) is 8.09. The van der Waals surface area contributed by atoms with E-state index in [9.17, 15) is 5.11 Å². The Labute approximate surface area is 101 Å². The summed E-state index contributed by atoms with van der Waals surface area (Å²) in [7, 11) is 0. The van der Waals surface area contributed by atoms with Crippen LogP contribution in [0.3, 0.4) is 0 Å². The second kappa shape index (κ2) is 4.75. The molecule has 0 aliphatic carbocycles. The molecule has 0 saturated heterocycles. The van der Waals surface area contributed by atoms with Gasteiger partial charge in [-0.1, -0.05) is 12.1 Å². The van der Waals surface area contributed by atoms with E-state index >= 15 is 0 Å². The highest BCUT2D eigenvalue weighted by molar-refractivity contribution is 5.78. The van der Waals surface area contributed by atoms with Crippen LogP contribution in [-0.2, 0) is 0 Å². The number of hydrogen-bond acceptors (Lipinski definition) is 3. The summed E-state index contributed by atoms with van der Waals surface area (Å²) < 4.78 is 2.15. The molecular weight excluding hydrogens is 214 g/mol. The van der Waals surface area contributed by atoms with E-state index in [1.54, 1.807) is 6.92 Å². The number of imidazole rings is 1. The molecule has 92 valence electrons. The third-order valence-corrected chi connectivity index (χ3v) is 2.67. The van der Waals surface area contributed by atoms with Gasteiger partial charge in [-0.3, -0.25) is 0 Å².